The standard InChI is InChI=1S/C24H23N3O6/c1-15-3-5-18(33-15)21-20(22(28)16-4-6-17-19(13-16)32-12-11-31-17)23(29)24(30)27(21)9-2-8-26-10-7-25-14-26/h3-7,10,13-14,21H,2,8-9,11-12H2,1H3,(H,28,29). The number of nitrogens with zero attached hydrogens (tertiary/aromatic N) is 2. The first-order valence-corrected chi connectivity index (χ1v) is 10.8. The van der Waals surface area contributed by atoms with Crippen molar-refractivity contribution in [3.05, 3.63) is 71.7 Å². The molecule has 1 N–H and O–H groups in total. The molecular weight excluding hydrogens is 426 g/mol. The van der Waals surface area contributed by atoms with Gasteiger partial charge in [0, 0.05) is 18.5 Å². The maximum atomic E-state index is 13.5. The Morgan fingerprint density at radius 3 is 2.73 bits per heavy atom. The van der Waals surface area contributed by atoms with E-state index in [1.165, 1.54) is 4.90 Å². The number of aromatic nitrogens is 2. The number of carbonyl (C=O) groups excluding carboxylic acids is 2. The predicted octanol–water partition coefficient (Wildman–Crippen LogP) is 1.29. The zero-order chi connectivity index (χ0) is 22.9. The minimum atomic E-state index is -0.879. The number of H-pyrrole nitrogens is 1. The van der Waals surface area contributed by atoms with Gasteiger partial charge in [0.15, 0.2) is 11.5 Å². The number of ether oxygens (including phenoxy) is 2. The number of ketones is 1. The Morgan fingerprint density at radius 1 is 1.18 bits per heavy atom. The average Bonchev–Trinajstić information content (AvgIpc) is 3.55. The van der Waals surface area contributed by atoms with Crippen molar-refractivity contribution in [2.45, 2.75) is 25.9 Å². The lowest BCUT2D eigenvalue weighted by atomic mass is 9.99. The highest BCUT2D eigenvalue weighted by atomic mass is 16.6. The van der Waals surface area contributed by atoms with E-state index in [2.05, 4.69) is 4.98 Å². The molecule has 1 fully saturated rings. The maximum Gasteiger partial charge on any atom is 0.295 e. The molecule has 0 bridgehead atoms. The molecule has 170 valence electrons. The monoisotopic (exact) mass is 449 g/mol. The van der Waals surface area contributed by atoms with Gasteiger partial charge in [-0.1, -0.05) is 11.8 Å². The van der Waals surface area contributed by atoms with Crippen LogP contribution >= 0.6 is 0 Å². The summed E-state index contributed by atoms with van der Waals surface area (Å²) in [5.41, 5.74) is 0.147. The lowest BCUT2D eigenvalue weighted by Gasteiger charge is -2.26. The van der Waals surface area contributed by atoms with Gasteiger partial charge in [-0.15, -0.1) is 0 Å². The molecule has 0 saturated carbocycles. The normalized spacial score (nSPS) is 19.3. The van der Waals surface area contributed by atoms with E-state index in [1.54, 1.807) is 43.5 Å². The molecule has 3 aromatic rings. The van der Waals surface area contributed by atoms with Crippen molar-refractivity contribution in [1.29, 1.82) is 0 Å². The van der Waals surface area contributed by atoms with E-state index in [-0.39, 0.29) is 11.1 Å². The summed E-state index contributed by atoms with van der Waals surface area (Å²) in [6.45, 7) is 3.53. The Hall–Kier alpha value is -4.01. The van der Waals surface area contributed by atoms with Crippen LogP contribution < -0.4 is 19.1 Å². The maximum absolute atomic E-state index is 13.5. The minimum Gasteiger partial charge on any atom is -0.872 e. The lowest BCUT2D eigenvalue weighted by Crippen LogP contribution is -2.36. The van der Waals surface area contributed by atoms with E-state index in [9.17, 15) is 14.7 Å². The number of rotatable bonds is 6. The zero-order valence-electron chi connectivity index (χ0n) is 18.1. The molecule has 1 saturated heterocycles. The van der Waals surface area contributed by atoms with Gasteiger partial charge in [0.05, 0.1) is 6.54 Å². The molecule has 1 unspecified atom stereocenters. The highest BCUT2D eigenvalue weighted by molar-refractivity contribution is 6.46. The summed E-state index contributed by atoms with van der Waals surface area (Å²) in [5.74, 6) is -0.0225. The predicted molar refractivity (Wildman–Crippen MR) is 113 cm³/mol. The number of benzene rings is 1. The second kappa shape index (κ2) is 8.50. The number of carbonyl (C=O) groups is 2. The molecule has 2 aliphatic heterocycles. The Balaban J connectivity index is 1.51. The van der Waals surface area contributed by atoms with Gasteiger partial charge in [-0.25, -0.2) is 4.57 Å². The number of amides is 1. The first-order valence-electron chi connectivity index (χ1n) is 10.8. The summed E-state index contributed by atoms with van der Waals surface area (Å²) in [7, 11) is 0. The molecule has 1 aromatic carbocycles. The molecule has 33 heavy (non-hydrogen) atoms. The molecule has 9 heteroatoms. The summed E-state index contributed by atoms with van der Waals surface area (Å²) in [4.78, 5) is 30.4. The fraction of sp³-hybridized carbons (Fsp3) is 0.292. The summed E-state index contributed by atoms with van der Waals surface area (Å²) < 4.78 is 18.8. The van der Waals surface area contributed by atoms with E-state index in [0.717, 1.165) is 0 Å². The molecule has 0 aliphatic carbocycles. The van der Waals surface area contributed by atoms with Crippen LogP contribution in [0.2, 0.25) is 0 Å². The molecule has 5 rings (SSSR count). The van der Waals surface area contributed by atoms with Gasteiger partial charge in [0.2, 0.25) is 12.1 Å². The SMILES string of the molecule is Cc1ccc(C2C(=C([O-])c3ccc4c(c3)OCCO4)C(=O)C(=O)N2CCC[n+]2cc[nH]c2)o1. The average molecular weight is 449 g/mol. The largest absolute Gasteiger partial charge is 0.872 e. The number of nitrogens with one attached hydrogen (secondary N) is 1. The molecule has 1 atom stereocenters. The molecule has 9 nitrogen and oxygen atoms in total. The third-order valence-corrected chi connectivity index (χ3v) is 5.78. The number of aromatic amines is 1. The van der Waals surface area contributed by atoms with Gasteiger partial charge in [-0.2, -0.15) is 0 Å². The van der Waals surface area contributed by atoms with Crippen molar-refractivity contribution in [2.24, 2.45) is 0 Å². The second-order valence-corrected chi connectivity index (χ2v) is 7.98. The number of hydrogen-bond acceptors (Lipinski definition) is 6. The first-order chi connectivity index (χ1) is 16.0. The van der Waals surface area contributed by atoms with Gasteiger partial charge in [-0.3, -0.25) is 14.6 Å². The van der Waals surface area contributed by atoms with Crippen LogP contribution in [0.15, 0.2) is 59.0 Å². The fourth-order valence-corrected chi connectivity index (χ4v) is 4.22. The van der Waals surface area contributed by atoms with Crippen molar-refractivity contribution in [3.8, 4) is 11.5 Å². The minimum absolute atomic E-state index is 0.111. The van der Waals surface area contributed by atoms with Crippen LogP contribution in [0.1, 0.15) is 29.5 Å². The number of imidazole rings is 1. The Kier molecular flexibility index (Phi) is 5.37. The molecule has 1 amide bonds. The molecule has 4 heterocycles. The van der Waals surface area contributed by atoms with Crippen LogP contribution in [0.3, 0.4) is 0 Å². The Morgan fingerprint density at radius 2 is 2.00 bits per heavy atom. The van der Waals surface area contributed by atoms with Gasteiger partial charge in [0.25, 0.3) is 5.91 Å². The third-order valence-electron chi connectivity index (χ3n) is 5.78. The van der Waals surface area contributed by atoms with Gasteiger partial charge >= 0.3 is 0 Å². The number of aryl methyl sites for hydroxylation is 2. The van der Waals surface area contributed by atoms with Crippen molar-refractivity contribution >= 4 is 17.4 Å². The van der Waals surface area contributed by atoms with E-state index in [0.29, 0.717) is 55.7 Å². The van der Waals surface area contributed by atoms with Crippen molar-refractivity contribution < 1.29 is 33.2 Å². The van der Waals surface area contributed by atoms with Crippen molar-refractivity contribution in [3.63, 3.8) is 0 Å². The van der Waals surface area contributed by atoms with E-state index in [1.807, 2.05) is 17.1 Å². The number of Topliss-reactive ketones (excluding diaryl/α,β-unsaturated/α-hetero) is 1. The summed E-state index contributed by atoms with van der Waals surface area (Å²) in [5, 5.41) is 13.5. The number of hydrogen-bond donors (Lipinski definition) is 1. The lowest BCUT2D eigenvalue weighted by molar-refractivity contribution is -0.695. The zero-order valence-corrected chi connectivity index (χ0v) is 18.1. The van der Waals surface area contributed by atoms with Gasteiger partial charge in [0.1, 0.15) is 43.2 Å². The highest BCUT2D eigenvalue weighted by Gasteiger charge is 2.45. The second-order valence-electron chi connectivity index (χ2n) is 7.98. The molecule has 2 aromatic heterocycles. The van der Waals surface area contributed by atoms with E-state index in [4.69, 9.17) is 13.9 Å². The van der Waals surface area contributed by atoms with Crippen molar-refractivity contribution in [1.82, 2.24) is 9.88 Å². The van der Waals surface area contributed by atoms with Crippen LogP contribution in [0.25, 0.3) is 5.76 Å². The Bertz CT molecular complexity index is 1230. The fourth-order valence-electron chi connectivity index (χ4n) is 4.22. The quantitative estimate of drug-likeness (QED) is 0.263. The molecular formula is C24H23N3O6. The third kappa shape index (κ3) is 3.86. The topological polar surface area (TPSA) is 112 Å². The number of likely N-dealkylation sites (tertiary alicyclic amines) is 1. The van der Waals surface area contributed by atoms with Gasteiger partial charge < -0.3 is 23.9 Å². The van der Waals surface area contributed by atoms with Crippen molar-refractivity contribution in [2.75, 3.05) is 19.8 Å². The number of fused-ring (bicyclic) bond motifs is 1. The van der Waals surface area contributed by atoms with Crippen LogP contribution in [0.5, 0.6) is 11.5 Å². The summed E-state index contributed by atoms with van der Waals surface area (Å²) >= 11 is 0. The Labute approximate surface area is 189 Å². The van der Waals surface area contributed by atoms with Gasteiger partial charge in [-0.05, 0) is 36.8 Å². The highest BCUT2D eigenvalue weighted by Crippen LogP contribution is 2.40. The summed E-state index contributed by atoms with van der Waals surface area (Å²) in [6, 6.07) is 7.35. The smallest absolute Gasteiger partial charge is 0.295 e. The van der Waals surface area contributed by atoms with E-state index >= 15 is 0 Å². The molecule has 2 aliphatic rings. The van der Waals surface area contributed by atoms with Crippen LogP contribution in [-0.2, 0) is 16.1 Å². The first kappa shape index (κ1) is 20.9. The summed E-state index contributed by atoms with van der Waals surface area (Å²) in [6.07, 6.45) is 6.10. The molecule has 0 radical (unpaired) electrons. The number of furan rings is 1. The van der Waals surface area contributed by atoms with Crippen LogP contribution in [-0.4, -0.2) is 41.3 Å². The van der Waals surface area contributed by atoms with E-state index < -0.39 is 23.5 Å². The molecule has 0 spiro atoms. The van der Waals surface area contributed by atoms with Crippen LogP contribution in [0.4, 0.5) is 0 Å². The van der Waals surface area contributed by atoms with Crippen LogP contribution in [0, 0.1) is 6.92 Å².